The molecule has 0 radical (unpaired) electrons. The number of hydrogen-bond acceptors (Lipinski definition) is 5. The predicted octanol–water partition coefficient (Wildman–Crippen LogP) is 3.42. The van der Waals surface area contributed by atoms with Gasteiger partial charge in [0.05, 0.1) is 5.92 Å². The van der Waals surface area contributed by atoms with Gasteiger partial charge in [-0.15, -0.1) is 10.2 Å². The lowest BCUT2D eigenvalue weighted by molar-refractivity contribution is -0.133. The van der Waals surface area contributed by atoms with Crippen LogP contribution < -0.4 is 0 Å². The molecule has 0 amide bonds. The molecular weight excluding hydrogens is 288 g/mol. The number of rotatable bonds is 7. The molecule has 2 atom stereocenters. The van der Waals surface area contributed by atoms with Crippen LogP contribution in [0.2, 0.25) is 0 Å². The van der Waals surface area contributed by atoms with E-state index in [1.165, 1.54) is 0 Å². The molecule has 112 valence electrons. The van der Waals surface area contributed by atoms with Crippen LogP contribution in [-0.2, 0) is 4.79 Å². The number of aliphatic carboxylic acids is 1. The van der Waals surface area contributed by atoms with Crippen molar-refractivity contribution in [1.29, 1.82) is 0 Å². The Morgan fingerprint density at radius 3 is 2.67 bits per heavy atom. The molecule has 1 heterocycles. The highest BCUT2D eigenvalue weighted by molar-refractivity contribution is 7.99. The molecule has 5 nitrogen and oxygen atoms in total. The molecule has 1 N–H and O–H groups in total. The van der Waals surface area contributed by atoms with E-state index in [1.54, 1.807) is 0 Å². The van der Waals surface area contributed by atoms with Gasteiger partial charge in [0.1, 0.15) is 5.75 Å². The van der Waals surface area contributed by atoms with Crippen molar-refractivity contribution in [2.45, 2.75) is 31.4 Å². The van der Waals surface area contributed by atoms with E-state index in [0.29, 0.717) is 17.0 Å². The zero-order valence-electron chi connectivity index (χ0n) is 12.0. The number of carbonyl (C=O) groups is 1. The Labute approximate surface area is 127 Å². The van der Waals surface area contributed by atoms with E-state index in [9.17, 15) is 4.79 Å². The summed E-state index contributed by atoms with van der Waals surface area (Å²) < 4.78 is 5.65. The third-order valence-electron chi connectivity index (χ3n) is 3.38. The maximum absolute atomic E-state index is 10.6. The van der Waals surface area contributed by atoms with E-state index in [1.807, 2.05) is 30.3 Å². The number of aromatic nitrogens is 2. The Morgan fingerprint density at radius 2 is 2.05 bits per heavy atom. The van der Waals surface area contributed by atoms with Crippen LogP contribution in [0.4, 0.5) is 0 Å². The lowest BCUT2D eigenvalue weighted by Gasteiger charge is -2.19. The molecule has 0 aliphatic carbocycles. The summed E-state index contributed by atoms with van der Waals surface area (Å²) in [5.74, 6) is -0.0567. The summed E-state index contributed by atoms with van der Waals surface area (Å²) >= 11 is 1.04. The highest BCUT2D eigenvalue weighted by Gasteiger charge is 2.26. The fourth-order valence-electron chi connectivity index (χ4n) is 2.14. The lowest BCUT2D eigenvalue weighted by atomic mass is 9.85. The van der Waals surface area contributed by atoms with Gasteiger partial charge in [0, 0.05) is 0 Å². The number of carboxylic acids is 1. The molecule has 1 aromatic heterocycles. The minimum absolute atomic E-state index is 0.0304. The van der Waals surface area contributed by atoms with Crippen molar-refractivity contribution < 1.29 is 14.3 Å². The molecule has 0 saturated heterocycles. The smallest absolute Gasteiger partial charge is 0.314 e. The molecule has 1 aromatic carbocycles. The Hall–Kier alpha value is -1.82. The number of thioether (sulfide) groups is 1. The first-order chi connectivity index (χ1) is 10.1. The van der Waals surface area contributed by atoms with Gasteiger partial charge in [0.2, 0.25) is 5.89 Å². The van der Waals surface area contributed by atoms with Crippen LogP contribution in [0.5, 0.6) is 0 Å². The number of nitrogens with zero attached hydrogens (tertiary/aromatic N) is 2. The highest BCUT2D eigenvalue weighted by atomic mass is 32.2. The number of carboxylic acid groups (broad SMARTS) is 1. The van der Waals surface area contributed by atoms with Crippen molar-refractivity contribution in [3.8, 4) is 0 Å². The first kappa shape index (κ1) is 15.6. The van der Waals surface area contributed by atoms with Crippen molar-refractivity contribution in [1.82, 2.24) is 10.2 Å². The normalized spacial score (nSPS) is 13.8. The van der Waals surface area contributed by atoms with Gasteiger partial charge in [0.25, 0.3) is 5.22 Å². The fourth-order valence-corrected chi connectivity index (χ4v) is 2.63. The predicted molar refractivity (Wildman–Crippen MR) is 80.4 cm³/mol. The summed E-state index contributed by atoms with van der Waals surface area (Å²) in [6.07, 6.45) is 0.986. The van der Waals surface area contributed by atoms with Gasteiger partial charge in [-0.1, -0.05) is 62.4 Å². The third kappa shape index (κ3) is 4.07. The minimum atomic E-state index is -0.902. The van der Waals surface area contributed by atoms with Crippen LogP contribution in [-0.4, -0.2) is 27.0 Å². The first-order valence-corrected chi connectivity index (χ1v) is 7.83. The number of benzene rings is 1. The molecule has 21 heavy (non-hydrogen) atoms. The quantitative estimate of drug-likeness (QED) is 0.790. The van der Waals surface area contributed by atoms with E-state index < -0.39 is 5.97 Å². The standard InChI is InChI=1S/C15H18N2O3S/c1-3-10(2)13(11-7-5-4-6-8-11)14-16-17-15(20-14)21-9-12(18)19/h4-8,10,13H,3,9H2,1-2H3,(H,18,19). The zero-order valence-corrected chi connectivity index (χ0v) is 12.8. The maximum Gasteiger partial charge on any atom is 0.314 e. The van der Waals surface area contributed by atoms with Gasteiger partial charge in [0.15, 0.2) is 0 Å². The van der Waals surface area contributed by atoms with Gasteiger partial charge in [-0.3, -0.25) is 4.79 Å². The molecule has 2 aromatic rings. The molecule has 2 unspecified atom stereocenters. The van der Waals surface area contributed by atoms with Crippen LogP contribution in [0, 0.1) is 5.92 Å². The van der Waals surface area contributed by atoms with Crippen LogP contribution in [0.1, 0.15) is 37.6 Å². The van der Waals surface area contributed by atoms with Crippen LogP contribution >= 0.6 is 11.8 Å². The van der Waals surface area contributed by atoms with Crippen LogP contribution in [0.3, 0.4) is 0 Å². The second-order valence-electron chi connectivity index (χ2n) is 4.86. The summed E-state index contributed by atoms with van der Waals surface area (Å²) in [5.41, 5.74) is 1.13. The van der Waals surface area contributed by atoms with Gasteiger partial charge < -0.3 is 9.52 Å². The Kier molecular flexibility index (Phi) is 5.38. The largest absolute Gasteiger partial charge is 0.481 e. The molecule has 0 bridgehead atoms. The van der Waals surface area contributed by atoms with Gasteiger partial charge in [-0.25, -0.2) is 0 Å². The average molecular weight is 306 g/mol. The zero-order chi connectivity index (χ0) is 15.2. The molecule has 6 heteroatoms. The molecule has 0 aliphatic rings. The molecule has 2 rings (SSSR count). The monoisotopic (exact) mass is 306 g/mol. The fraction of sp³-hybridized carbons (Fsp3) is 0.400. The Balaban J connectivity index is 2.23. The van der Waals surface area contributed by atoms with Crippen molar-refractivity contribution in [3.63, 3.8) is 0 Å². The van der Waals surface area contributed by atoms with Crippen molar-refractivity contribution in [2.24, 2.45) is 5.92 Å². The van der Waals surface area contributed by atoms with Crippen molar-refractivity contribution in [2.75, 3.05) is 5.75 Å². The highest BCUT2D eigenvalue weighted by Crippen LogP contribution is 2.33. The summed E-state index contributed by atoms with van der Waals surface area (Å²) in [4.78, 5) is 10.6. The maximum atomic E-state index is 10.6. The Bertz CT molecular complexity index is 586. The van der Waals surface area contributed by atoms with E-state index in [-0.39, 0.29) is 11.7 Å². The van der Waals surface area contributed by atoms with E-state index >= 15 is 0 Å². The van der Waals surface area contributed by atoms with E-state index in [4.69, 9.17) is 9.52 Å². The lowest BCUT2D eigenvalue weighted by Crippen LogP contribution is -2.11. The topological polar surface area (TPSA) is 76.2 Å². The van der Waals surface area contributed by atoms with Crippen molar-refractivity contribution in [3.05, 3.63) is 41.8 Å². The second kappa shape index (κ2) is 7.26. The molecule has 0 aliphatic heterocycles. The SMILES string of the molecule is CCC(C)C(c1ccccc1)c1nnc(SCC(=O)O)o1. The summed E-state index contributed by atoms with van der Waals surface area (Å²) in [6, 6.07) is 10.0. The van der Waals surface area contributed by atoms with Gasteiger partial charge in [-0.2, -0.15) is 0 Å². The van der Waals surface area contributed by atoms with Crippen LogP contribution in [0.25, 0.3) is 0 Å². The van der Waals surface area contributed by atoms with Gasteiger partial charge in [-0.05, 0) is 11.5 Å². The molecule has 0 spiro atoms. The summed E-state index contributed by atoms with van der Waals surface area (Å²) in [6.45, 7) is 4.27. The second-order valence-corrected chi connectivity index (χ2v) is 5.79. The van der Waals surface area contributed by atoms with E-state index in [0.717, 1.165) is 23.7 Å². The Morgan fingerprint density at radius 1 is 1.33 bits per heavy atom. The van der Waals surface area contributed by atoms with Gasteiger partial charge >= 0.3 is 5.97 Å². The number of hydrogen-bond donors (Lipinski definition) is 1. The average Bonchev–Trinajstić information content (AvgIpc) is 2.95. The molecule has 0 fully saturated rings. The van der Waals surface area contributed by atoms with E-state index in [2.05, 4.69) is 24.0 Å². The third-order valence-corrected chi connectivity index (χ3v) is 4.18. The molecular formula is C15H18N2O3S. The molecule has 0 saturated carbocycles. The summed E-state index contributed by atoms with van der Waals surface area (Å²) in [7, 11) is 0. The minimum Gasteiger partial charge on any atom is -0.481 e. The van der Waals surface area contributed by atoms with Crippen molar-refractivity contribution >= 4 is 17.7 Å². The first-order valence-electron chi connectivity index (χ1n) is 6.84. The van der Waals surface area contributed by atoms with Crippen LogP contribution in [0.15, 0.2) is 40.0 Å². The summed E-state index contributed by atoms with van der Waals surface area (Å²) in [5, 5.41) is 17.0.